The van der Waals surface area contributed by atoms with Gasteiger partial charge in [-0.05, 0) is 44.9 Å². The van der Waals surface area contributed by atoms with E-state index in [1.807, 2.05) is 37.6 Å². The molecule has 2 rings (SSSR count). The van der Waals surface area contributed by atoms with Crippen LogP contribution in [0.2, 0.25) is 0 Å². The van der Waals surface area contributed by atoms with Crippen LogP contribution < -0.4 is 5.73 Å². The Kier molecular flexibility index (Phi) is 3.66. The van der Waals surface area contributed by atoms with Crippen LogP contribution in [-0.2, 0) is 6.42 Å². The van der Waals surface area contributed by atoms with Crippen molar-refractivity contribution in [3.8, 4) is 5.82 Å². The smallest absolute Gasteiger partial charge is 0.164 e. The van der Waals surface area contributed by atoms with Crippen LogP contribution >= 0.6 is 12.2 Å². The first kappa shape index (κ1) is 13.7. The Morgan fingerprint density at radius 1 is 1.32 bits per heavy atom. The fourth-order valence-corrected chi connectivity index (χ4v) is 2.45. The lowest BCUT2D eigenvalue weighted by Gasteiger charge is -2.10. The highest BCUT2D eigenvalue weighted by molar-refractivity contribution is 7.80. The van der Waals surface area contributed by atoms with Gasteiger partial charge in [0.05, 0.1) is 11.3 Å². The van der Waals surface area contributed by atoms with Crippen molar-refractivity contribution in [1.29, 1.82) is 0 Å². The Balaban J connectivity index is 2.71. The highest BCUT2D eigenvalue weighted by Crippen LogP contribution is 2.20. The molecular formula is C14H18N4S. The van der Waals surface area contributed by atoms with E-state index in [1.54, 1.807) is 0 Å². The topological polar surface area (TPSA) is 56.7 Å². The number of hydrogen-bond acceptors (Lipinski definition) is 3. The predicted molar refractivity (Wildman–Crippen MR) is 80.8 cm³/mol. The molecule has 0 amide bonds. The van der Waals surface area contributed by atoms with E-state index in [0.29, 0.717) is 10.8 Å². The van der Waals surface area contributed by atoms with Crippen molar-refractivity contribution in [2.75, 3.05) is 0 Å². The zero-order valence-electron chi connectivity index (χ0n) is 11.7. The molecule has 2 heterocycles. The summed E-state index contributed by atoms with van der Waals surface area (Å²) in [6.07, 6.45) is 0.950. The molecule has 2 aromatic rings. The maximum atomic E-state index is 5.78. The predicted octanol–water partition coefficient (Wildman–Crippen LogP) is 2.39. The number of rotatable bonds is 3. The zero-order valence-corrected chi connectivity index (χ0v) is 12.5. The molecule has 100 valence electrons. The first-order valence-electron chi connectivity index (χ1n) is 6.28. The molecule has 0 spiro atoms. The van der Waals surface area contributed by atoms with E-state index in [2.05, 4.69) is 17.0 Å². The Labute approximate surface area is 118 Å². The van der Waals surface area contributed by atoms with Crippen LogP contribution in [0.15, 0.2) is 12.1 Å². The third-order valence-electron chi connectivity index (χ3n) is 3.28. The number of aryl methyl sites for hydroxylation is 2. The van der Waals surface area contributed by atoms with Crippen LogP contribution in [0.5, 0.6) is 0 Å². The minimum Gasteiger partial charge on any atom is -0.389 e. The Morgan fingerprint density at radius 2 is 2.00 bits per heavy atom. The summed E-state index contributed by atoms with van der Waals surface area (Å²) >= 11 is 5.10. The largest absolute Gasteiger partial charge is 0.389 e. The lowest BCUT2D eigenvalue weighted by Crippen LogP contribution is -2.16. The van der Waals surface area contributed by atoms with Crippen molar-refractivity contribution >= 4 is 17.2 Å². The maximum absolute atomic E-state index is 5.78. The van der Waals surface area contributed by atoms with Crippen molar-refractivity contribution in [2.24, 2.45) is 5.73 Å². The first-order valence-corrected chi connectivity index (χ1v) is 6.69. The van der Waals surface area contributed by atoms with Crippen LogP contribution in [0, 0.1) is 20.8 Å². The molecule has 4 nitrogen and oxygen atoms in total. The molecule has 0 radical (unpaired) electrons. The van der Waals surface area contributed by atoms with Gasteiger partial charge in [0.25, 0.3) is 0 Å². The lowest BCUT2D eigenvalue weighted by molar-refractivity contribution is 0.799. The van der Waals surface area contributed by atoms with Gasteiger partial charge in [0.2, 0.25) is 0 Å². The van der Waals surface area contributed by atoms with Gasteiger partial charge in [0.15, 0.2) is 5.82 Å². The van der Waals surface area contributed by atoms with Crippen LogP contribution in [0.3, 0.4) is 0 Å². The summed E-state index contributed by atoms with van der Waals surface area (Å²) < 4.78 is 1.84. The maximum Gasteiger partial charge on any atom is 0.164 e. The molecule has 0 saturated heterocycles. The summed E-state index contributed by atoms with van der Waals surface area (Å²) in [4.78, 5) is 4.89. The highest BCUT2D eigenvalue weighted by atomic mass is 32.1. The second-order valence-electron chi connectivity index (χ2n) is 4.60. The average molecular weight is 274 g/mol. The lowest BCUT2D eigenvalue weighted by atomic mass is 10.1. The summed E-state index contributed by atoms with van der Waals surface area (Å²) in [6, 6.07) is 3.81. The average Bonchev–Trinajstić information content (AvgIpc) is 2.63. The van der Waals surface area contributed by atoms with Gasteiger partial charge in [-0.3, -0.25) is 0 Å². The Morgan fingerprint density at radius 3 is 2.53 bits per heavy atom. The van der Waals surface area contributed by atoms with Gasteiger partial charge in [-0.25, -0.2) is 9.67 Å². The van der Waals surface area contributed by atoms with Gasteiger partial charge in [0, 0.05) is 11.4 Å². The summed E-state index contributed by atoms with van der Waals surface area (Å²) in [7, 11) is 0. The van der Waals surface area contributed by atoms with Gasteiger partial charge in [-0.2, -0.15) is 5.10 Å². The highest BCUT2D eigenvalue weighted by Gasteiger charge is 2.16. The minimum atomic E-state index is 0.341. The molecule has 19 heavy (non-hydrogen) atoms. The van der Waals surface area contributed by atoms with Crippen molar-refractivity contribution in [2.45, 2.75) is 34.1 Å². The molecule has 2 N–H and O–H groups in total. The number of nitrogens with two attached hydrogens (primary N) is 1. The minimum absolute atomic E-state index is 0.341. The third kappa shape index (κ3) is 2.38. The van der Waals surface area contributed by atoms with E-state index in [4.69, 9.17) is 18.0 Å². The van der Waals surface area contributed by atoms with Gasteiger partial charge in [-0.1, -0.05) is 19.1 Å². The van der Waals surface area contributed by atoms with E-state index >= 15 is 0 Å². The van der Waals surface area contributed by atoms with Crippen molar-refractivity contribution in [3.05, 3.63) is 40.3 Å². The molecule has 0 unspecified atom stereocenters. The van der Waals surface area contributed by atoms with E-state index in [9.17, 15) is 0 Å². The number of hydrogen-bond donors (Lipinski definition) is 1. The molecule has 5 heteroatoms. The fourth-order valence-electron chi connectivity index (χ4n) is 2.29. The third-order valence-corrected chi connectivity index (χ3v) is 3.50. The van der Waals surface area contributed by atoms with Gasteiger partial charge in [0.1, 0.15) is 4.99 Å². The van der Waals surface area contributed by atoms with Gasteiger partial charge >= 0.3 is 0 Å². The van der Waals surface area contributed by atoms with E-state index < -0.39 is 0 Å². The van der Waals surface area contributed by atoms with Crippen molar-refractivity contribution < 1.29 is 0 Å². The summed E-state index contributed by atoms with van der Waals surface area (Å²) in [6.45, 7) is 8.13. The van der Waals surface area contributed by atoms with Gasteiger partial charge < -0.3 is 5.73 Å². The SMILES string of the molecule is CCc1c(C)nn(-c2nc(C)ccc2C(N)=S)c1C. The Hall–Kier alpha value is -1.75. The molecule has 0 saturated carbocycles. The van der Waals surface area contributed by atoms with Crippen LogP contribution in [0.1, 0.15) is 35.1 Å². The fraction of sp³-hybridized carbons (Fsp3) is 0.357. The quantitative estimate of drug-likeness (QED) is 0.873. The molecule has 0 atom stereocenters. The van der Waals surface area contributed by atoms with E-state index in [-0.39, 0.29) is 0 Å². The van der Waals surface area contributed by atoms with Crippen molar-refractivity contribution in [1.82, 2.24) is 14.8 Å². The number of thiocarbonyl (C=S) groups is 1. The van der Waals surface area contributed by atoms with Crippen molar-refractivity contribution in [3.63, 3.8) is 0 Å². The van der Waals surface area contributed by atoms with E-state index in [0.717, 1.165) is 29.1 Å². The van der Waals surface area contributed by atoms with Crippen LogP contribution in [0.4, 0.5) is 0 Å². The zero-order chi connectivity index (χ0) is 14.2. The Bertz CT molecular complexity index is 643. The molecule has 0 aromatic carbocycles. The first-order chi connectivity index (χ1) is 8.95. The van der Waals surface area contributed by atoms with Gasteiger partial charge in [-0.15, -0.1) is 0 Å². The molecule has 0 aliphatic heterocycles. The molecular weight excluding hydrogens is 256 g/mol. The number of pyridine rings is 1. The summed E-state index contributed by atoms with van der Waals surface area (Å²) in [5, 5.41) is 4.57. The number of aromatic nitrogens is 3. The second kappa shape index (κ2) is 5.09. The molecule has 0 aliphatic rings. The van der Waals surface area contributed by atoms with E-state index in [1.165, 1.54) is 5.56 Å². The second-order valence-corrected chi connectivity index (χ2v) is 5.04. The molecule has 0 fully saturated rings. The number of nitrogens with zero attached hydrogens (tertiary/aromatic N) is 3. The molecule has 0 aliphatic carbocycles. The monoisotopic (exact) mass is 274 g/mol. The molecule has 2 aromatic heterocycles. The summed E-state index contributed by atoms with van der Waals surface area (Å²) in [5.74, 6) is 0.716. The normalized spacial score (nSPS) is 10.7. The standard InChI is InChI=1S/C14H18N4S/c1-5-11-9(3)17-18(10(11)4)14-12(13(15)19)7-6-8(2)16-14/h6-7H,5H2,1-4H3,(H2,15,19). The summed E-state index contributed by atoms with van der Waals surface area (Å²) in [5.41, 5.74) is 10.8. The van der Waals surface area contributed by atoms with Crippen LogP contribution in [-0.4, -0.2) is 19.8 Å². The van der Waals surface area contributed by atoms with Crippen LogP contribution in [0.25, 0.3) is 5.82 Å². The molecule has 0 bridgehead atoms.